The van der Waals surface area contributed by atoms with Crippen LogP contribution in [-0.4, -0.2) is 43.0 Å². The number of carbonyl (C=O) groups is 1. The minimum atomic E-state index is -0.190. The average molecular weight is 269 g/mol. The Balaban J connectivity index is 2.29. The highest BCUT2D eigenvalue weighted by Gasteiger charge is 2.22. The summed E-state index contributed by atoms with van der Waals surface area (Å²) in [6.07, 6.45) is 7.44. The smallest absolute Gasteiger partial charge is 0.234 e. The summed E-state index contributed by atoms with van der Waals surface area (Å²) in [4.78, 5) is 13.9. The van der Waals surface area contributed by atoms with Crippen molar-refractivity contribution in [1.29, 1.82) is 0 Å². The Morgan fingerprint density at radius 1 is 1.26 bits per heavy atom. The summed E-state index contributed by atoms with van der Waals surface area (Å²) in [5, 5.41) is 3.35. The van der Waals surface area contributed by atoms with E-state index in [0.29, 0.717) is 5.92 Å². The molecule has 4 nitrogen and oxygen atoms in total. The minimum absolute atomic E-state index is 0.140. The highest BCUT2D eigenvalue weighted by Crippen LogP contribution is 2.27. The lowest BCUT2D eigenvalue weighted by atomic mass is 9.84. The number of rotatable bonds is 9. The molecule has 1 rings (SSSR count). The zero-order valence-corrected chi connectivity index (χ0v) is 12.7. The maximum absolute atomic E-state index is 11.5. The van der Waals surface area contributed by atoms with E-state index in [1.807, 2.05) is 0 Å². The van der Waals surface area contributed by atoms with Gasteiger partial charge in [-0.05, 0) is 25.4 Å². The van der Waals surface area contributed by atoms with Crippen molar-refractivity contribution in [3.8, 4) is 0 Å². The summed E-state index contributed by atoms with van der Waals surface area (Å²) < 4.78 is 0. The predicted octanol–water partition coefficient (Wildman–Crippen LogP) is 1.74. The molecule has 0 spiro atoms. The highest BCUT2D eigenvalue weighted by molar-refractivity contribution is 5.79. The lowest BCUT2D eigenvalue weighted by Crippen LogP contribution is -2.45. The Morgan fingerprint density at radius 3 is 2.42 bits per heavy atom. The fraction of sp³-hybridized carbons (Fsp3) is 0.933. The summed E-state index contributed by atoms with van der Waals surface area (Å²) in [5.41, 5.74) is 5.52. The number of hydrogen-bond acceptors (Lipinski definition) is 3. The van der Waals surface area contributed by atoms with Crippen LogP contribution in [0.3, 0.4) is 0 Å². The zero-order chi connectivity index (χ0) is 14.1. The molecule has 1 fully saturated rings. The molecule has 0 saturated heterocycles. The molecular weight excluding hydrogens is 238 g/mol. The third-order valence-electron chi connectivity index (χ3n) is 4.35. The fourth-order valence-corrected chi connectivity index (χ4v) is 2.99. The maximum atomic E-state index is 11.5. The zero-order valence-electron chi connectivity index (χ0n) is 12.7. The van der Waals surface area contributed by atoms with E-state index in [2.05, 4.69) is 24.1 Å². The molecule has 3 N–H and O–H groups in total. The van der Waals surface area contributed by atoms with Crippen molar-refractivity contribution in [2.45, 2.75) is 58.4 Å². The highest BCUT2D eigenvalue weighted by atomic mass is 16.1. The van der Waals surface area contributed by atoms with Crippen LogP contribution >= 0.6 is 0 Å². The quantitative estimate of drug-likeness (QED) is 0.670. The normalized spacial score (nSPS) is 18.7. The summed E-state index contributed by atoms with van der Waals surface area (Å²) >= 11 is 0. The van der Waals surface area contributed by atoms with Crippen LogP contribution in [0.4, 0.5) is 0 Å². The molecule has 4 heteroatoms. The van der Waals surface area contributed by atoms with Crippen LogP contribution in [0.1, 0.15) is 52.4 Å². The van der Waals surface area contributed by atoms with Crippen molar-refractivity contribution >= 4 is 5.91 Å². The SMILES string of the molecule is CCN(CC)CCNC(CC1CCCCC1)C(N)=O. The van der Waals surface area contributed by atoms with E-state index in [1.165, 1.54) is 32.1 Å². The Bertz CT molecular complexity index is 248. The molecule has 1 unspecified atom stereocenters. The van der Waals surface area contributed by atoms with Gasteiger partial charge in [0.25, 0.3) is 0 Å². The molecule has 1 aliphatic carbocycles. The predicted molar refractivity (Wildman–Crippen MR) is 80.0 cm³/mol. The second-order valence-electron chi connectivity index (χ2n) is 5.68. The van der Waals surface area contributed by atoms with Crippen LogP contribution in [0.2, 0.25) is 0 Å². The Labute approximate surface area is 118 Å². The monoisotopic (exact) mass is 269 g/mol. The van der Waals surface area contributed by atoms with Crippen molar-refractivity contribution < 1.29 is 4.79 Å². The molecule has 1 saturated carbocycles. The molecule has 1 amide bonds. The first-order chi connectivity index (χ1) is 9.17. The Hall–Kier alpha value is -0.610. The van der Waals surface area contributed by atoms with Gasteiger partial charge in [0.2, 0.25) is 5.91 Å². The van der Waals surface area contributed by atoms with Gasteiger partial charge < -0.3 is 16.0 Å². The first-order valence-corrected chi connectivity index (χ1v) is 7.92. The number of likely N-dealkylation sites (N-methyl/N-ethyl adjacent to an activating group) is 1. The van der Waals surface area contributed by atoms with E-state index in [0.717, 1.165) is 32.6 Å². The second-order valence-corrected chi connectivity index (χ2v) is 5.68. The summed E-state index contributed by atoms with van der Waals surface area (Å²) in [6, 6.07) is -0.140. The molecule has 0 aromatic heterocycles. The molecule has 112 valence electrons. The number of hydrogen-bond donors (Lipinski definition) is 2. The van der Waals surface area contributed by atoms with Gasteiger partial charge in [-0.15, -0.1) is 0 Å². The lowest BCUT2D eigenvalue weighted by molar-refractivity contribution is -0.120. The van der Waals surface area contributed by atoms with E-state index < -0.39 is 0 Å². The average Bonchev–Trinajstić information content (AvgIpc) is 2.43. The van der Waals surface area contributed by atoms with Crippen LogP contribution in [0.5, 0.6) is 0 Å². The van der Waals surface area contributed by atoms with Gasteiger partial charge in [-0.2, -0.15) is 0 Å². The topological polar surface area (TPSA) is 58.4 Å². The van der Waals surface area contributed by atoms with Crippen molar-refractivity contribution in [1.82, 2.24) is 10.2 Å². The van der Waals surface area contributed by atoms with Crippen LogP contribution in [0.15, 0.2) is 0 Å². The van der Waals surface area contributed by atoms with E-state index in [-0.39, 0.29) is 11.9 Å². The van der Waals surface area contributed by atoms with Crippen LogP contribution in [0.25, 0.3) is 0 Å². The first-order valence-electron chi connectivity index (χ1n) is 7.92. The molecule has 0 heterocycles. The van der Waals surface area contributed by atoms with E-state index in [4.69, 9.17) is 5.73 Å². The number of carbonyl (C=O) groups excluding carboxylic acids is 1. The standard InChI is InChI=1S/C15H31N3O/c1-3-18(4-2)11-10-17-14(15(16)19)12-13-8-6-5-7-9-13/h13-14,17H,3-12H2,1-2H3,(H2,16,19). The second kappa shape index (κ2) is 9.32. The summed E-state index contributed by atoms with van der Waals surface area (Å²) in [6.45, 7) is 8.28. The molecule has 0 aromatic carbocycles. The van der Waals surface area contributed by atoms with Crippen molar-refractivity contribution in [3.05, 3.63) is 0 Å². The number of primary amides is 1. The minimum Gasteiger partial charge on any atom is -0.368 e. The van der Waals surface area contributed by atoms with Gasteiger partial charge in [0, 0.05) is 13.1 Å². The number of amides is 1. The van der Waals surface area contributed by atoms with Gasteiger partial charge in [-0.1, -0.05) is 46.0 Å². The van der Waals surface area contributed by atoms with Gasteiger partial charge in [0.05, 0.1) is 6.04 Å². The van der Waals surface area contributed by atoms with Gasteiger partial charge >= 0.3 is 0 Å². The van der Waals surface area contributed by atoms with E-state index >= 15 is 0 Å². The van der Waals surface area contributed by atoms with E-state index in [1.54, 1.807) is 0 Å². The van der Waals surface area contributed by atoms with Crippen LogP contribution in [-0.2, 0) is 4.79 Å². The molecule has 1 atom stereocenters. The molecule has 0 bridgehead atoms. The molecular formula is C15H31N3O. The van der Waals surface area contributed by atoms with Crippen molar-refractivity contribution in [2.24, 2.45) is 11.7 Å². The van der Waals surface area contributed by atoms with Gasteiger partial charge in [-0.3, -0.25) is 4.79 Å². The number of nitrogens with zero attached hydrogens (tertiary/aromatic N) is 1. The third kappa shape index (κ3) is 6.39. The van der Waals surface area contributed by atoms with Gasteiger partial charge in [0.15, 0.2) is 0 Å². The molecule has 19 heavy (non-hydrogen) atoms. The lowest BCUT2D eigenvalue weighted by Gasteiger charge is -2.26. The molecule has 1 aliphatic rings. The largest absolute Gasteiger partial charge is 0.368 e. The molecule has 0 radical (unpaired) electrons. The van der Waals surface area contributed by atoms with Crippen molar-refractivity contribution in [3.63, 3.8) is 0 Å². The Kier molecular flexibility index (Phi) is 8.07. The molecule has 0 aliphatic heterocycles. The molecule has 0 aromatic rings. The Morgan fingerprint density at radius 2 is 1.89 bits per heavy atom. The first kappa shape index (κ1) is 16.4. The van der Waals surface area contributed by atoms with Gasteiger partial charge in [-0.25, -0.2) is 0 Å². The summed E-state index contributed by atoms with van der Waals surface area (Å²) in [5.74, 6) is 0.498. The van der Waals surface area contributed by atoms with E-state index in [9.17, 15) is 4.79 Å². The van der Waals surface area contributed by atoms with Crippen molar-refractivity contribution in [2.75, 3.05) is 26.2 Å². The fourth-order valence-electron chi connectivity index (χ4n) is 2.99. The maximum Gasteiger partial charge on any atom is 0.234 e. The third-order valence-corrected chi connectivity index (χ3v) is 4.35. The van der Waals surface area contributed by atoms with Crippen LogP contribution < -0.4 is 11.1 Å². The number of nitrogens with two attached hydrogens (primary N) is 1. The number of nitrogens with one attached hydrogen (secondary N) is 1. The van der Waals surface area contributed by atoms with Gasteiger partial charge in [0.1, 0.15) is 0 Å². The summed E-state index contributed by atoms with van der Waals surface area (Å²) in [7, 11) is 0. The van der Waals surface area contributed by atoms with Crippen LogP contribution in [0, 0.1) is 5.92 Å².